The van der Waals surface area contributed by atoms with Crippen molar-refractivity contribution < 1.29 is 38.1 Å². The van der Waals surface area contributed by atoms with Gasteiger partial charge < -0.3 is 28.6 Å². The second kappa shape index (κ2) is 12.3. The lowest BCUT2D eigenvalue weighted by Gasteiger charge is -2.53. The van der Waals surface area contributed by atoms with E-state index in [2.05, 4.69) is 0 Å². The van der Waals surface area contributed by atoms with Gasteiger partial charge in [0.1, 0.15) is 13.2 Å². The predicted molar refractivity (Wildman–Crippen MR) is 143 cm³/mol. The van der Waals surface area contributed by atoms with E-state index >= 15 is 0 Å². The van der Waals surface area contributed by atoms with Crippen molar-refractivity contribution in [2.24, 2.45) is 5.92 Å². The smallest absolute Gasteiger partial charge is 0.410 e. The van der Waals surface area contributed by atoms with Gasteiger partial charge in [0.15, 0.2) is 5.79 Å². The maximum absolute atomic E-state index is 13.7. The number of amides is 2. The molecule has 0 unspecified atom stereocenters. The Hall–Kier alpha value is -3.63. The van der Waals surface area contributed by atoms with Crippen molar-refractivity contribution in [3.8, 4) is 0 Å². The first kappa shape index (κ1) is 27.9. The van der Waals surface area contributed by atoms with E-state index in [4.69, 9.17) is 23.7 Å². The van der Waals surface area contributed by atoms with Gasteiger partial charge in [0.25, 0.3) is 0 Å². The van der Waals surface area contributed by atoms with E-state index in [1.165, 1.54) is 12.0 Å². The molecule has 10 heteroatoms. The normalized spacial score (nSPS) is 25.2. The topological polar surface area (TPSA) is 104 Å². The Balaban J connectivity index is 1.44. The van der Waals surface area contributed by atoms with Crippen LogP contribution in [0.3, 0.4) is 0 Å². The molecule has 3 saturated heterocycles. The molecule has 10 nitrogen and oxygen atoms in total. The van der Waals surface area contributed by atoms with Crippen LogP contribution < -0.4 is 0 Å². The van der Waals surface area contributed by atoms with Gasteiger partial charge in [0, 0.05) is 19.0 Å². The maximum atomic E-state index is 13.7. The molecule has 4 atom stereocenters. The average Bonchev–Trinajstić information content (AvgIpc) is 3.36. The number of hydrogen-bond donors (Lipinski definition) is 0. The minimum absolute atomic E-state index is 0.0772. The fourth-order valence-electron chi connectivity index (χ4n) is 6.16. The molecule has 5 rings (SSSR count). The van der Waals surface area contributed by atoms with E-state index < -0.39 is 41.9 Å². The number of piperidine rings is 1. The monoisotopic (exact) mass is 552 g/mol. The molecular formula is C30H36N2O8. The average molecular weight is 553 g/mol. The van der Waals surface area contributed by atoms with E-state index in [9.17, 15) is 14.4 Å². The van der Waals surface area contributed by atoms with Crippen LogP contribution in [-0.4, -0.2) is 78.7 Å². The number of carbonyl (C=O) groups excluding carboxylic acids is 3. The number of carbonyl (C=O) groups is 3. The molecule has 3 fully saturated rings. The number of rotatable bonds is 6. The Kier molecular flexibility index (Phi) is 8.56. The van der Waals surface area contributed by atoms with Crippen LogP contribution in [0, 0.1) is 5.92 Å². The highest BCUT2D eigenvalue weighted by atomic mass is 16.7. The van der Waals surface area contributed by atoms with Crippen LogP contribution in [0.1, 0.15) is 37.3 Å². The van der Waals surface area contributed by atoms with Gasteiger partial charge >= 0.3 is 18.2 Å². The molecule has 2 amide bonds. The highest BCUT2D eigenvalue weighted by Crippen LogP contribution is 2.48. The molecule has 3 heterocycles. The number of hydrogen-bond acceptors (Lipinski definition) is 8. The molecule has 1 spiro atoms. The quantitative estimate of drug-likeness (QED) is 0.390. The summed E-state index contributed by atoms with van der Waals surface area (Å²) in [7, 11) is 1.30. The van der Waals surface area contributed by atoms with Crippen LogP contribution in [0.2, 0.25) is 0 Å². The van der Waals surface area contributed by atoms with Crippen molar-refractivity contribution in [2.45, 2.75) is 63.3 Å². The fraction of sp³-hybridized carbons (Fsp3) is 0.500. The Morgan fingerprint density at radius 1 is 0.900 bits per heavy atom. The summed E-state index contributed by atoms with van der Waals surface area (Å²) in [6.45, 7) is 3.30. The minimum atomic E-state index is -0.999. The Labute approximate surface area is 234 Å². The third-order valence-corrected chi connectivity index (χ3v) is 7.98. The molecule has 0 saturated carbocycles. The predicted octanol–water partition coefficient (Wildman–Crippen LogP) is 4.12. The van der Waals surface area contributed by atoms with Crippen LogP contribution in [0.25, 0.3) is 0 Å². The molecular weight excluding hydrogens is 516 g/mol. The second-order valence-electron chi connectivity index (χ2n) is 10.5. The Morgan fingerprint density at radius 3 is 2.05 bits per heavy atom. The second-order valence-corrected chi connectivity index (χ2v) is 10.5. The molecule has 0 radical (unpaired) electrons. The molecule has 0 aromatic heterocycles. The van der Waals surface area contributed by atoms with Gasteiger partial charge in [0.2, 0.25) is 0 Å². The van der Waals surface area contributed by atoms with Crippen molar-refractivity contribution in [3.05, 3.63) is 71.8 Å². The maximum Gasteiger partial charge on any atom is 0.410 e. The van der Waals surface area contributed by atoms with Gasteiger partial charge in [0.05, 0.1) is 44.7 Å². The standard InChI is InChI=1S/C30H36N2O8/c1-21-17-30(39-14-9-15-40-30)24-18-31(28(34)37-19-22-10-5-3-6-11-22)25(16-26(33)36-2)27(24)32(21)29(35)38-20-23-12-7-4-8-13-23/h3-8,10-13,21,24-25,27H,9,14-20H2,1-2H3/t21-,24+,25+,27-/m1/s1. The summed E-state index contributed by atoms with van der Waals surface area (Å²) < 4.78 is 29.0. The van der Waals surface area contributed by atoms with E-state index in [1.54, 1.807) is 4.90 Å². The third-order valence-electron chi connectivity index (χ3n) is 7.98. The van der Waals surface area contributed by atoms with E-state index in [0.717, 1.165) is 17.5 Å². The van der Waals surface area contributed by atoms with Crippen LogP contribution in [-0.2, 0) is 41.7 Å². The van der Waals surface area contributed by atoms with Crippen LogP contribution in [0.5, 0.6) is 0 Å². The molecule has 0 bridgehead atoms. The van der Waals surface area contributed by atoms with E-state index in [-0.39, 0.29) is 32.2 Å². The van der Waals surface area contributed by atoms with Gasteiger partial charge in [-0.25, -0.2) is 9.59 Å². The number of ether oxygens (including phenoxy) is 5. The molecule has 3 aliphatic heterocycles. The summed E-state index contributed by atoms with van der Waals surface area (Å²) in [5.74, 6) is -1.92. The molecule has 0 aliphatic carbocycles. The lowest BCUT2D eigenvalue weighted by Crippen LogP contribution is -2.66. The molecule has 3 aliphatic rings. The zero-order valence-electron chi connectivity index (χ0n) is 22.9. The van der Waals surface area contributed by atoms with Gasteiger partial charge in [-0.1, -0.05) is 60.7 Å². The lowest BCUT2D eigenvalue weighted by atomic mass is 9.79. The molecule has 214 valence electrons. The SMILES string of the molecule is COC(=O)C[C@H]1[C@H]2[C@H](CN1C(=O)OCc1ccccc1)C1(C[C@@H](C)N2C(=O)OCc2ccccc2)OCCCO1. The van der Waals surface area contributed by atoms with Gasteiger partial charge in [-0.15, -0.1) is 0 Å². The number of methoxy groups -OCH3 is 1. The van der Waals surface area contributed by atoms with Gasteiger partial charge in [-0.2, -0.15) is 0 Å². The van der Waals surface area contributed by atoms with Crippen molar-refractivity contribution in [1.82, 2.24) is 9.80 Å². The fourth-order valence-corrected chi connectivity index (χ4v) is 6.16. The zero-order valence-corrected chi connectivity index (χ0v) is 22.9. The molecule has 2 aromatic carbocycles. The first-order valence-electron chi connectivity index (χ1n) is 13.7. The summed E-state index contributed by atoms with van der Waals surface area (Å²) in [5.41, 5.74) is 1.70. The van der Waals surface area contributed by atoms with Crippen molar-refractivity contribution in [2.75, 3.05) is 26.9 Å². The number of benzene rings is 2. The lowest BCUT2D eigenvalue weighted by molar-refractivity contribution is -0.317. The molecule has 40 heavy (non-hydrogen) atoms. The molecule has 2 aromatic rings. The zero-order chi connectivity index (χ0) is 28.1. The van der Waals surface area contributed by atoms with Crippen molar-refractivity contribution >= 4 is 18.2 Å². The number of fused-ring (bicyclic) bond motifs is 2. The molecule has 0 N–H and O–H groups in total. The summed E-state index contributed by atoms with van der Waals surface area (Å²) in [6.07, 6.45) is -0.0598. The minimum Gasteiger partial charge on any atom is -0.469 e. The van der Waals surface area contributed by atoms with Gasteiger partial charge in [-0.3, -0.25) is 9.69 Å². The highest BCUT2D eigenvalue weighted by molar-refractivity contribution is 5.75. The van der Waals surface area contributed by atoms with Crippen LogP contribution in [0.15, 0.2) is 60.7 Å². The van der Waals surface area contributed by atoms with E-state index in [1.807, 2.05) is 67.6 Å². The summed E-state index contributed by atoms with van der Waals surface area (Å²) in [5, 5.41) is 0. The Bertz CT molecular complexity index is 1170. The van der Waals surface area contributed by atoms with Crippen LogP contribution >= 0.6 is 0 Å². The Morgan fingerprint density at radius 2 is 1.48 bits per heavy atom. The first-order chi connectivity index (χ1) is 19.4. The number of esters is 1. The highest BCUT2D eigenvalue weighted by Gasteiger charge is 2.63. The first-order valence-corrected chi connectivity index (χ1v) is 13.7. The van der Waals surface area contributed by atoms with Gasteiger partial charge in [-0.05, 0) is 24.5 Å². The summed E-state index contributed by atoms with van der Waals surface area (Å²) in [6, 6.07) is 17.1. The van der Waals surface area contributed by atoms with Crippen LogP contribution in [0.4, 0.5) is 9.59 Å². The summed E-state index contributed by atoms with van der Waals surface area (Å²) >= 11 is 0. The third kappa shape index (κ3) is 5.78. The summed E-state index contributed by atoms with van der Waals surface area (Å²) in [4.78, 5) is 43.0. The largest absolute Gasteiger partial charge is 0.469 e. The van der Waals surface area contributed by atoms with Crippen molar-refractivity contribution in [3.63, 3.8) is 0 Å². The van der Waals surface area contributed by atoms with E-state index in [0.29, 0.717) is 19.6 Å². The van der Waals surface area contributed by atoms with Crippen molar-refractivity contribution in [1.29, 1.82) is 0 Å². The number of likely N-dealkylation sites (tertiary alicyclic amines) is 2. The number of nitrogens with zero attached hydrogens (tertiary/aromatic N) is 2.